The molecule has 1 aromatic rings. The maximum absolute atomic E-state index is 13.0. The van der Waals surface area contributed by atoms with E-state index in [1.54, 1.807) is 6.07 Å². The van der Waals surface area contributed by atoms with Gasteiger partial charge in [0, 0.05) is 31.2 Å². The van der Waals surface area contributed by atoms with Crippen LogP contribution >= 0.6 is 0 Å². The molecule has 2 unspecified atom stereocenters. The van der Waals surface area contributed by atoms with Crippen LogP contribution in [-0.4, -0.2) is 32.8 Å². The highest BCUT2D eigenvalue weighted by atomic mass is 19.1. The van der Waals surface area contributed by atoms with Gasteiger partial charge in [-0.2, -0.15) is 0 Å². The number of anilines is 1. The van der Waals surface area contributed by atoms with Gasteiger partial charge >= 0.3 is 0 Å². The molecule has 3 nitrogen and oxygen atoms in total. The molecule has 0 bridgehead atoms. The van der Waals surface area contributed by atoms with E-state index in [1.807, 2.05) is 18.0 Å². The van der Waals surface area contributed by atoms with Gasteiger partial charge in [-0.3, -0.25) is 0 Å². The Morgan fingerprint density at radius 2 is 2.31 bits per heavy atom. The maximum atomic E-state index is 13.0. The van der Waals surface area contributed by atoms with Crippen LogP contribution in [0, 0.1) is 11.7 Å². The fourth-order valence-electron chi connectivity index (χ4n) is 1.97. The Kier molecular flexibility index (Phi) is 3.41. The van der Waals surface area contributed by atoms with E-state index in [1.165, 1.54) is 12.1 Å². The molecule has 2 N–H and O–H groups in total. The van der Waals surface area contributed by atoms with Crippen molar-refractivity contribution in [3.8, 4) is 0 Å². The molecule has 16 heavy (non-hydrogen) atoms. The number of nitrogens with zero attached hydrogens (tertiary/aromatic N) is 1. The Balaban J connectivity index is 1.99. The highest BCUT2D eigenvalue weighted by molar-refractivity contribution is 5.45. The lowest BCUT2D eigenvalue weighted by molar-refractivity contribution is 0.185. The molecule has 1 fully saturated rings. The quantitative estimate of drug-likeness (QED) is 0.839. The van der Waals surface area contributed by atoms with Gasteiger partial charge in [0.25, 0.3) is 0 Å². The number of hydrogen-bond donors (Lipinski definition) is 1. The van der Waals surface area contributed by atoms with Crippen molar-refractivity contribution in [2.75, 3.05) is 31.7 Å². The Bertz CT molecular complexity index is 359. The summed E-state index contributed by atoms with van der Waals surface area (Å²) in [6.45, 7) is 2.12. The molecule has 0 aliphatic carbocycles. The second-order valence-corrected chi connectivity index (χ2v) is 4.32. The molecule has 88 valence electrons. The number of halogens is 1. The minimum absolute atomic E-state index is 0.0935. The molecule has 0 amide bonds. The Labute approximate surface area is 95.0 Å². The molecular weight excluding hydrogens is 207 g/mol. The number of nitrogens with two attached hydrogens (primary N) is 1. The van der Waals surface area contributed by atoms with Gasteiger partial charge in [0.2, 0.25) is 0 Å². The summed E-state index contributed by atoms with van der Waals surface area (Å²) in [6, 6.07) is 6.68. The lowest BCUT2D eigenvalue weighted by Gasteiger charge is -2.24. The SMILES string of the molecule is CN(CC1COCC1N)c1cccc(F)c1. The van der Waals surface area contributed by atoms with Gasteiger partial charge in [0.05, 0.1) is 13.2 Å². The fraction of sp³-hybridized carbons (Fsp3) is 0.500. The second-order valence-electron chi connectivity index (χ2n) is 4.32. The van der Waals surface area contributed by atoms with Crippen LogP contribution in [0.1, 0.15) is 0 Å². The summed E-state index contributed by atoms with van der Waals surface area (Å²) < 4.78 is 18.3. The molecule has 2 rings (SSSR count). The van der Waals surface area contributed by atoms with Crippen molar-refractivity contribution in [1.82, 2.24) is 0 Å². The van der Waals surface area contributed by atoms with E-state index in [4.69, 9.17) is 10.5 Å². The molecule has 1 aliphatic heterocycles. The van der Waals surface area contributed by atoms with Crippen molar-refractivity contribution < 1.29 is 9.13 Å². The van der Waals surface area contributed by atoms with Crippen LogP contribution in [0.3, 0.4) is 0 Å². The zero-order valence-corrected chi connectivity index (χ0v) is 9.40. The van der Waals surface area contributed by atoms with E-state index in [0.29, 0.717) is 19.1 Å². The molecular formula is C12H17FN2O. The van der Waals surface area contributed by atoms with Crippen molar-refractivity contribution >= 4 is 5.69 Å². The van der Waals surface area contributed by atoms with Crippen LogP contribution in [0.4, 0.5) is 10.1 Å². The third-order valence-electron chi connectivity index (χ3n) is 3.01. The average Bonchev–Trinajstić information content (AvgIpc) is 2.64. The standard InChI is InChI=1S/C12H17FN2O/c1-15(6-9-7-16-8-12(9)14)11-4-2-3-10(13)5-11/h2-5,9,12H,6-8,14H2,1H3. The first-order valence-electron chi connectivity index (χ1n) is 5.47. The highest BCUT2D eigenvalue weighted by Gasteiger charge is 2.25. The Hall–Kier alpha value is -1.13. The molecule has 1 saturated heterocycles. The van der Waals surface area contributed by atoms with Crippen molar-refractivity contribution in [1.29, 1.82) is 0 Å². The van der Waals surface area contributed by atoms with Gasteiger partial charge in [-0.05, 0) is 18.2 Å². The average molecular weight is 224 g/mol. The highest BCUT2D eigenvalue weighted by Crippen LogP contribution is 2.18. The predicted molar refractivity (Wildman–Crippen MR) is 62.0 cm³/mol. The molecule has 1 heterocycles. The number of rotatable bonds is 3. The van der Waals surface area contributed by atoms with E-state index in [2.05, 4.69) is 0 Å². The summed E-state index contributed by atoms with van der Waals surface area (Å²) in [6.07, 6.45) is 0. The van der Waals surface area contributed by atoms with Crippen molar-refractivity contribution in [2.24, 2.45) is 11.7 Å². The number of hydrogen-bond acceptors (Lipinski definition) is 3. The summed E-state index contributed by atoms with van der Waals surface area (Å²) in [5.74, 6) is 0.115. The van der Waals surface area contributed by atoms with Gasteiger partial charge in [0.15, 0.2) is 0 Å². The molecule has 2 atom stereocenters. The van der Waals surface area contributed by atoms with Crippen molar-refractivity contribution in [3.63, 3.8) is 0 Å². The third kappa shape index (κ3) is 2.51. The van der Waals surface area contributed by atoms with Crippen molar-refractivity contribution in [2.45, 2.75) is 6.04 Å². The molecule has 0 saturated carbocycles. The smallest absolute Gasteiger partial charge is 0.125 e. The molecule has 1 aliphatic rings. The molecule has 1 aromatic carbocycles. The number of benzene rings is 1. The first-order chi connectivity index (χ1) is 7.66. The van der Waals surface area contributed by atoms with Crippen LogP contribution < -0.4 is 10.6 Å². The molecule has 4 heteroatoms. The predicted octanol–water partition coefficient (Wildman–Crippen LogP) is 1.24. The summed E-state index contributed by atoms with van der Waals surface area (Å²) in [7, 11) is 1.94. The lowest BCUT2D eigenvalue weighted by Crippen LogP contribution is -2.36. The van der Waals surface area contributed by atoms with Gasteiger partial charge < -0.3 is 15.4 Å². The Morgan fingerprint density at radius 1 is 1.50 bits per heavy atom. The molecule has 0 radical (unpaired) electrons. The van der Waals surface area contributed by atoms with Crippen LogP contribution in [0.2, 0.25) is 0 Å². The van der Waals surface area contributed by atoms with Crippen LogP contribution in [0.5, 0.6) is 0 Å². The van der Waals surface area contributed by atoms with E-state index in [0.717, 1.165) is 12.2 Å². The zero-order chi connectivity index (χ0) is 11.5. The summed E-state index contributed by atoms with van der Waals surface area (Å²) in [5.41, 5.74) is 6.78. The topological polar surface area (TPSA) is 38.5 Å². The summed E-state index contributed by atoms with van der Waals surface area (Å²) in [4.78, 5) is 2.02. The molecule has 0 spiro atoms. The minimum Gasteiger partial charge on any atom is -0.379 e. The van der Waals surface area contributed by atoms with E-state index in [-0.39, 0.29) is 11.9 Å². The van der Waals surface area contributed by atoms with Gasteiger partial charge in [-0.25, -0.2) is 4.39 Å². The van der Waals surface area contributed by atoms with Gasteiger partial charge in [-0.15, -0.1) is 0 Å². The third-order valence-corrected chi connectivity index (χ3v) is 3.01. The first kappa shape index (κ1) is 11.4. The lowest BCUT2D eigenvalue weighted by atomic mass is 10.0. The normalized spacial score (nSPS) is 24.7. The monoisotopic (exact) mass is 224 g/mol. The Morgan fingerprint density at radius 3 is 2.94 bits per heavy atom. The van der Waals surface area contributed by atoms with Crippen LogP contribution in [0.25, 0.3) is 0 Å². The van der Waals surface area contributed by atoms with Crippen molar-refractivity contribution in [3.05, 3.63) is 30.1 Å². The van der Waals surface area contributed by atoms with E-state index < -0.39 is 0 Å². The minimum atomic E-state index is -0.212. The fourth-order valence-corrected chi connectivity index (χ4v) is 1.97. The second kappa shape index (κ2) is 4.80. The van der Waals surface area contributed by atoms with Gasteiger partial charge in [-0.1, -0.05) is 6.07 Å². The number of ether oxygens (including phenoxy) is 1. The largest absolute Gasteiger partial charge is 0.379 e. The van der Waals surface area contributed by atoms with Gasteiger partial charge in [0.1, 0.15) is 5.82 Å². The maximum Gasteiger partial charge on any atom is 0.125 e. The van der Waals surface area contributed by atoms with E-state index in [9.17, 15) is 4.39 Å². The summed E-state index contributed by atoms with van der Waals surface area (Å²) in [5, 5.41) is 0. The van der Waals surface area contributed by atoms with Crippen LogP contribution in [0.15, 0.2) is 24.3 Å². The van der Waals surface area contributed by atoms with Crippen LogP contribution in [-0.2, 0) is 4.74 Å². The zero-order valence-electron chi connectivity index (χ0n) is 9.40. The first-order valence-corrected chi connectivity index (χ1v) is 5.47. The van der Waals surface area contributed by atoms with E-state index >= 15 is 0 Å². The molecule has 0 aromatic heterocycles. The summed E-state index contributed by atoms with van der Waals surface area (Å²) >= 11 is 0.